The van der Waals surface area contributed by atoms with E-state index in [1.165, 1.54) is 11.3 Å². The molecule has 0 fully saturated rings. The van der Waals surface area contributed by atoms with Gasteiger partial charge in [0.05, 0.1) is 11.4 Å². The smallest absolute Gasteiger partial charge is 0.303 e. The molecule has 118 valence electrons. The van der Waals surface area contributed by atoms with Crippen LogP contribution in [0, 0.1) is 13.8 Å². The minimum atomic E-state index is -0.794. The molecule has 5 nitrogen and oxygen atoms in total. The van der Waals surface area contributed by atoms with Crippen LogP contribution in [-0.4, -0.2) is 25.8 Å². The first kappa shape index (κ1) is 15.4. The van der Waals surface area contributed by atoms with Gasteiger partial charge in [0.15, 0.2) is 0 Å². The van der Waals surface area contributed by atoms with Gasteiger partial charge in [-0.15, -0.1) is 11.3 Å². The highest BCUT2D eigenvalue weighted by Crippen LogP contribution is 2.26. The normalized spacial score (nSPS) is 10.9. The monoisotopic (exact) mass is 327 g/mol. The van der Waals surface area contributed by atoms with Crippen molar-refractivity contribution >= 4 is 17.3 Å². The van der Waals surface area contributed by atoms with Crippen molar-refractivity contribution in [3.63, 3.8) is 0 Å². The number of benzene rings is 1. The van der Waals surface area contributed by atoms with Crippen molar-refractivity contribution in [2.24, 2.45) is 0 Å². The zero-order valence-electron chi connectivity index (χ0n) is 13.0. The first-order chi connectivity index (χ1) is 11.1. The molecule has 0 unspecified atom stereocenters. The highest BCUT2D eigenvalue weighted by Gasteiger charge is 2.16. The standard InChI is InChI=1S/C17H17N3O2S/c1-11-14(8-9-16(21)22)12(2)20(19-11)17-18-15(10-23-17)13-6-4-3-5-7-13/h3-7,10H,8-9H2,1-2H3,(H,21,22). The van der Waals surface area contributed by atoms with Gasteiger partial charge in [-0.1, -0.05) is 30.3 Å². The molecule has 0 saturated heterocycles. The summed E-state index contributed by atoms with van der Waals surface area (Å²) in [5.41, 5.74) is 4.80. The fraction of sp³-hybridized carbons (Fsp3) is 0.235. The van der Waals surface area contributed by atoms with Crippen molar-refractivity contribution < 1.29 is 9.90 Å². The zero-order chi connectivity index (χ0) is 16.4. The molecule has 0 amide bonds. The second-order valence-electron chi connectivity index (χ2n) is 5.34. The topological polar surface area (TPSA) is 68.0 Å². The highest BCUT2D eigenvalue weighted by atomic mass is 32.1. The van der Waals surface area contributed by atoms with E-state index in [9.17, 15) is 4.79 Å². The van der Waals surface area contributed by atoms with E-state index >= 15 is 0 Å². The van der Waals surface area contributed by atoms with Crippen LogP contribution in [0.3, 0.4) is 0 Å². The van der Waals surface area contributed by atoms with Crippen LogP contribution in [0.1, 0.15) is 23.4 Å². The fourth-order valence-corrected chi connectivity index (χ4v) is 3.39. The largest absolute Gasteiger partial charge is 0.481 e. The van der Waals surface area contributed by atoms with Crippen molar-refractivity contribution in [2.75, 3.05) is 0 Å². The Kier molecular flexibility index (Phi) is 4.25. The third kappa shape index (κ3) is 3.17. The maximum atomic E-state index is 10.8. The number of carboxylic acids is 1. The number of nitrogens with zero attached hydrogens (tertiary/aromatic N) is 3. The quantitative estimate of drug-likeness (QED) is 0.777. The highest BCUT2D eigenvalue weighted by molar-refractivity contribution is 7.12. The van der Waals surface area contributed by atoms with E-state index in [4.69, 9.17) is 5.11 Å². The average Bonchev–Trinajstić information content (AvgIpc) is 3.12. The van der Waals surface area contributed by atoms with Gasteiger partial charge >= 0.3 is 5.97 Å². The number of hydrogen-bond acceptors (Lipinski definition) is 4. The molecule has 0 aliphatic rings. The molecule has 3 aromatic rings. The summed E-state index contributed by atoms with van der Waals surface area (Å²) in [6.07, 6.45) is 0.602. The summed E-state index contributed by atoms with van der Waals surface area (Å²) in [6.45, 7) is 3.87. The van der Waals surface area contributed by atoms with Gasteiger partial charge in [-0.25, -0.2) is 9.67 Å². The molecule has 23 heavy (non-hydrogen) atoms. The lowest BCUT2D eigenvalue weighted by Gasteiger charge is -2.01. The third-order valence-corrected chi connectivity index (χ3v) is 4.59. The molecule has 3 rings (SSSR count). The molecule has 0 aliphatic carbocycles. The molecule has 0 radical (unpaired) electrons. The number of hydrogen-bond donors (Lipinski definition) is 1. The lowest BCUT2D eigenvalue weighted by Crippen LogP contribution is -2.01. The minimum absolute atomic E-state index is 0.112. The van der Waals surface area contributed by atoms with E-state index < -0.39 is 5.97 Å². The number of carbonyl (C=O) groups is 1. The summed E-state index contributed by atoms with van der Waals surface area (Å²) in [6, 6.07) is 10.0. The first-order valence-corrected chi connectivity index (χ1v) is 8.22. The second-order valence-corrected chi connectivity index (χ2v) is 6.17. The van der Waals surface area contributed by atoms with E-state index in [0.717, 1.165) is 33.3 Å². The molecule has 0 aliphatic heterocycles. The van der Waals surface area contributed by atoms with Crippen molar-refractivity contribution in [3.05, 3.63) is 52.7 Å². The molecule has 1 N–H and O–H groups in total. The molecule has 0 atom stereocenters. The maximum Gasteiger partial charge on any atom is 0.303 e. The van der Waals surface area contributed by atoms with Crippen molar-refractivity contribution in [3.8, 4) is 16.4 Å². The molecule has 1 aromatic carbocycles. The summed E-state index contributed by atoms with van der Waals surface area (Å²) in [5.74, 6) is -0.794. The maximum absolute atomic E-state index is 10.8. The summed E-state index contributed by atoms with van der Waals surface area (Å²) in [7, 11) is 0. The number of rotatable bonds is 5. The van der Waals surface area contributed by atoms with Crippen LogP contribution in [0.15, 0.2) is 35.7 Å². The van der Waals surface area contributed by atoms with Gasteiger partial charge in [-0.2, -0.15) is 5.10 Å². The van der Waals surface area contributed by atoms with Crippen LogP contribution in [0.2, 0.25) is 0 Å². The number of aromatic nitrogens is 3. The Balaban J connectivity index is 1.92. The average molecular weight is 327 g/mol. The number of carboxylic acid groups (broad SMARTS) is 1. The van der Waals surface area contributed by atoms with Crippen LogP contribution in [0.5, 0.6) is 0 Å². The predicted molar refractivity (Wildman–Crippen MR) is 90.1 cm³/mol. The van der Waals surface area contributed by atoms with Gasteiger partial charge in [-0.3, -0.25) is 4.79 Å². The van der Waals surface area contributed by atoms with Crippen LogP contribution in [-0.2, 0) is 11.2 Å². The molecule has 6 heteroatoms. The molecular formula is C17H17N3O2S. The SMILES string of the molecule is Cc1nn(-c2nc(-c3ccccc3)cs2)c(C)c1CCC(=O)O. The number of thiazole rings is 1. The first-order valence-electron chi connectivity index (χ1n) is 7.34. The Labute approximate surface area is 138 Å². The van der Waals surface area contributed by atoms with E-state index in [1.807, 2.05) is 54.2 Å². The van der Waals surface area contributed by atoms with E-state index in [2.05, 4.69) is 10.1 Å². The molecule has 0 bridgehead atoms. The van der Waals surface area contributed by atoms with Gasteiger partial charge in [0.1, 0.15) is 0 Å². The second kappa shape index (κ2) is 6.34. The predicted octanol–water partition coefficient (Wildman–Crippen LogP) is 3.63. The molecular weight excluding hydrogens is 310 g/mol. The third-order valence-electron chi connectivity index (χ3n) is 3.77. The summed E-state index contributed by atoms with van der Waals surface area (Å²) >= 11 is 1.53. The molecule has 0 spiro atoms. The van der Waals surface area contributed by atoms with Crippen molar-refractivity contribution in [1.29, 1.82) is 0 Å². The van der Waals surface area contributed by atoms with Crippen LogP contribution < -0.4 is 0 Å². The van der Waals surface area contributed by atoms with Gasteiger partial charge in [0.2, 0.25) is 5.13 Å². The fourth-order valence-electron chi connectivity index (χ4n) is 2.56. The van der Waals surface area contributed by atoms with Crippen molar-refractivity contribution in [1.82, 2.24) is 14.8 Å². The number of aliphatic carboxylic acids is 1. The van der Waals surface area contributed by atoms with Gasteiger partial charge in [0, 0.05) is 23.1 Å². The summed E-state index contributed by atoms with van der Waals surface area (Å²) < 4.78 is 1.81. The molecule has 2 heterocycles. The van der Waals surface area contributed by atoms with E-state index in [1.54, 1.807) is 0 Å². The van der Waals surface area contributed by atoms with Gasteiger partial charge in [-0.05, 0) is 25.8 Å². The minimum Gasteiger partial charge on any atom is -0.481 e. The molecule has 2 aromatic heterocycles. The van der Waals surface area contributed by atoms with Crippen molar-refractivity contribution in [2.45, 2.75) is 26.7 Å². The molecule has 0 saturated carbocycles. The number of aryl methyl sites for hydroxylation is 1. The Morgan fingerprint density at radius 1 is 1.26 bits per heavy atom. The van der Waals surface area contributed by atoms with Gasteiger partial charge < -0.3 is 5.11 Å². The Bertz CT molecular complexity index is 837. The summed E-state index contributed by atoms with van der Waals surface area (Å²) in [5, 5.41) is 16.2. The van der Waals surface area contributed by atoms with E-state index in [-0.39, 0.29) is 6.42 Å². The Morgan fingerprint density at radius 2 is 2.00 bits per heavy atom. The zero-order valence-corrected chi connectivity index (χ0v) is 13.8. The lowest BCUT2D eigenvalue weighted by molar-refractivity contribution is -0.136. The Hall–Kier alpha value is -2.47. The Morgan fingerprint density at radius 3 is 2.70 bits per heavy atom. The lowest BCUT2D eigenvalue weighted by atomic mass is 10.1. The van der Waals surface area contributed by atoms with Crippen LogP contribution in [0.4, 0.5) is 0 Å². The van der Waals surface area contributed by atoms with Gasteiger partial charge in [0.25, 0.3) is 0 Å². The van der Waals surface area contributed by atoms with E-state index in [0.29, 0.717) is 6.42 Å². The van der Waals surface area contributed by atoms with Crippen LogP contribution in [0.25, 0.3) is 16.4 Å². The van der Waals surface area contributed by atoms with Crippen LogP contribution >= 0.6 is 11.3 Å². The summed E-state index contributed by atoms with van der Waals surface area (Å²) in [4.78, 5) is 15.5.